The van der Waals surface area contributed by atoms with Crippen molar-refractivity contribution in [1.29, 1.82) is 0 Å². The maximum absolute atomic E-state index is 5.85. The number of halogens is 1. The molecule has 0 saturated heterocycles. The van der Waals surface area contributed by atoms with Gasteiger partial charge in [0, 0.05) is 10.0 Å². The number of aromatic nitrogens is 1. The number of benzene rings is 1. The second kappa shape index (κ2) is 6.03. The van der Waals surface area contributed by atoms with Crippen LogP contribution in [0.25, 0.3) is 11.3 Å². The van der Waals surface area contributed by atoms with Gasteiger partial charge in [-0.05, 0) is 24.3 Å². The summed E-state index contributed by atoms with van der Waals surface area (Å²) in [4.78, 5) is 4.03. The van der Waals surface area contributed by atoms with Gasteiger partial charge < -0.3 is 10.2 Å². The molecule has 3 nitrogen and oxygen atoms in total. The predicted molar refractivity (Wildman–Crippen MR) is 87.9 cm³/mol. The van der Waals surface area contributed by atoms with Gasteiger partial charge in [0.15, 0.2) is 5.13 Å². The second-order valence-corrected chi connectivity index (χ2v) is 7.33. The molecule has 2 N–H and O–H groups in total. The highest BCUT2D eigenvalue weighted by atomic mass is 79.9. The Morgan fingerprint density at radius 3 is 2.70 bits per heavy atom. The van der Waals surface area contributed by atoms with Crippen molar-refractivity contribution in [2.75, 3.05) is 5.73 Å². The Labute approximate surface area is 133 Å². The molecular formula is C14H11BrN2OS2. The molecule has 2 heterocycles. The van der Waals surface area contributed by atoms with Crippen molar-refractivity contribution in [1.82, 2.24) is 4.98 Å². The Bertz CT molecular complexity index is 706. The molecule has 0 atom stereocenters. The zero-order valence-corrected chi connectivity index (χ0v) is 13.6. The van der Waals surface area contributed by atoms with Crippen molar-refractivity contribution in [3.63, 3.8) is 0 Å². The molecule has 0 aliphatic heterocycles. The van der Waals surface area contributed by atoms with E-state index in [1.54, 1.807) is 18.0 Å². The highest BCUT2D eigenvalue weighted by Gasteiger charge is 2.06. The van der Waals surface area contributed by atoms with E-state index in [0.717, 1.165) is 31.5 Å². The lowest BCUT2D eigenvalue weighted by molar-refractivity contribution is 0.544. The van der Waals surface area contributed by atoms with Crippen molar-refractivity contribution in [2.24, 2.45) is 0 Å². The lowest BCUT2D eigenvalue weighted by Crippen LogP contribution is -1.77. The number of thioether (sulfide) groups is 1. The number of nitrogens with two attached hydrogens (primary N) is 1. The third-order valence-electron chi connectivity index (χ3n) is 2.65. The first-order chi connectivity index (χ1) is 9.70. The molecule has 0 unspecified atom stereocenters. The smallest absolute Gasteiger partial charge is 0.181 e. The zero-order valence-electron chi connectivity index (χ0n) is 10.4. The molecule has 0 saturated carbocycles. The maximum Gasteiger partial charge on any atom is 0.181 e. The third-order valence-corrected chi connectivity index (χ3v) is 5.22. The van der Waals surface area contributed by atoms with Gasteiger partial charge in [0.05, 0.1) is 16.2 Å². The number of anilines is 1. The zero-order chi connectivity index (χ0) is 13.9. The van der Waals surface area contributed by atoms with E-state index in [1.807, 2.05) is 36.4 Å². The Kier molecular flexibility index (Phi) is 4.14. The molecule has 20 heavy (non-hydrogen) atoms. The SMILES string of the molecule is Nc1ncc(SCc2ccc(-c3ccc(Br)cc3)o2)s1. The molecule has 0 aliphatic carbocycles. The summed E-state index contributed by atoms with van der Waals surface area (Å²) in [7, 11) is 0. The van der Waals surface area contributed by atoms with Crippen LogP contribution in [-0.4, -0.2) is 4.98 Å². The number of nitrogens with zero attached hydrogens (tertiary/aromatic N) is 1. The van der Waals surface area contributed by atoms with Gasteiger partial charge >= 0.3 is 0 Å². The van der Waals surface area contributed by atoms with Crippen LogP contribution in [0.15, 0.2) is 55.7 Å². The third kappa shape index (κ3) is 3.26. The number of hydrogen-bond acceptors (Lipinski definition) is 5. The average Bonchev–Trinajstić information content (AvgIpc) is 3.06. The normalized spacial score (nSPS) is 10.8. The van der Waals surface area contributed by atoms with Crippen LogP contribution in [-0.2, 0) is 5.75 Å². The minimum absolute atomic E-state index is 0.600. The van der Waals surface area contributed by atoms with Crippen LogP contribution < -0.4 is 5.73 Å². The Balaban J connectivity index is 1.69. The number of nitrogen functional groups attached to an aromatic ring is 1. The molecule has 0 fully saturated rings. The molecule has 6 heteroatoms. The molecular weight excluding hydrogens is 356 g/mol. The van der Waals surface area contributed by atoms with E-state index < -0.39 is 0 Å². The van der Waals surface area contributed by atoms with Crippen LogP contribution in [0.2, 0.25) is 0 Å². The van der Waals surface area contributed by atoms with Crippen LogP contribution >= 0.6 is 39.0 Å². The number of thiazole rings is 1. The minimum atomic E-state index is 0.600. The average molecular weight is 367 g/mol. The Hall–Kier alpha value is -1.24. The molecule has 0 amide bonds. The molecule has 1 aromatic carbocycles. The second-order valence-electron chi connectivity index (χ2n) is 4.08. The quantitative estimate of drug-likeness (QED) is 0.657. The first-order valence-corrected chi connectivity index (χ1v) is 8.49. The summed E-state index contributed by atoms with van der Waals surface area (Å²) in [6.45, 7) is 0. The van der Waals surface area contributed by atoms with E-state index in [2.05, 4.69) is 20.9 Å². The summed E-state index contributed by atoms with van der Waals surface area (Å²) >= 11 is 6.60. The maximum atomic E-state index is 5.85. The standard InChI is InChI=1S/C14H11BrN2OS2/c15-10-3-1-9(2-4-10)12-6-5-11(18-12)8-19-13-7-17-14(16)20-13/h1-7H,8H2,(H2,16,17). The summed E-state index contributed by atoms with van der Waals surface area (Å²) in [6.07, 6.45) is 1.79. The molecule has 0 aliphatic rings. The first kappa shape index (κ1) is 13.7. The van der Waals surface area contributed by atoms with Gasteiger partial charge in [-0.25, -0.2) is 4.98 Å². The number of rotatable bonds is 4. The van der Waals surface area contributed by atoms with Gasteiger partial charge in [-0.3, -0.25) is 0 Å². The lowest BCUT2D eigenvalue weighted by Gasteiger charge is -1.98. The Morgan fingerprint density at radius 1 is 1.20 bits per heavy atom. The summed E-state index contributed by atoms with van der Waals surface area (Å²) in [5.41, 5.74) is 6.68. The van der Waals surface area contributed by atoms with Crippen LogP contribution in [0.5, 0.6) is 0 Å². The topological polar surface area (TPSA) is 52.0 Å². The van der Waals surface area contributed by atoms with Crippen molar-refractivity contribution in [3.8, 4) is 11.3 Å². The molecule has 0 radical (unpaired) electrons. The van der Waals surface area contributed by atoms with Crippen molar-refractivity contribution in [2.45, 2.75) is 9.96 Å². The van der Waals surface area contributed by atoms with Crippen molar-refractivity contribution in [3.05, 3.63) is 52.8 Å². The van der Waals surface area contributed by atoms with E-state index in [1.165, 1.54) is 11.3 Å². The van der Waals surface area contributed by atoms with Gasteiger partial charge in [-0.15, -0.1) is 11.8 Å². The van der Waals surface area contributed by atoms with Crippen molar-refractivity contribution < 1.29 is 4.42 Å². The fourth-order valence-corrected chi connectivity index (χ4v) is 3.62. The van der Waals surface area contributed by atoms with Crippen LogP contribution in [0.3, 0.4) is 0 Å². The van der Waals surface area contributed by atoms with E-state index in [4.69, 9.17) is 10.2 Å². The van der Waals surface area contributed by atoms with Gasteiger partial charge in [0.2, 0.25) is 0 Å². The van der Waals surface area contributed by atoms with Crippen LogP contribution in [0, 0.1) is 0 Å². The van der Waals surface area contributed by atoms with Crippen LogP contribution in [0.4, 0.5) is 5.13 Å². The molecule has 3 rings (SSSR count). The molecule has 0 bridgehead atoms. The highest BCUT2D eigenvalue weighted by molar-refractivity contribution is 9.10. The monoisotopic (exact) mass is 366 g/mol. The molecule has 102 valence electrons. The number of hydrogen-bond donors (Lipinski definition) is 1. The summed E-state index contributed by atoms with van der Waals surface area (Å²) < 4.78 is 8.02. The first-order valence-electron chi connectivity index (χ1n) is 5.89. The van der Waals surface area contributed by atoms with Gasteiger partial charge in [0.25, 0.3) is 0 Å². The van der Waals surface area contributed by atoms with E-state index in [-0.39, 0.29) is 0 Å². The van der Waals surface area contributed by atoms with Crippen molar-refractivity contribution >= 4 is 44.2 Å². The summed E-state index contributed by atoms with van der Waals surface area (Å²) in [6, 6.07) is 12.1. The van der Waals surface area contributed by atoms with E-state index in [9.17, 15) is 0 Å². The van der Waals surface area contributed by atoms with Crippen LogP contribution in [0.1, 0.15) is 5.76 Å². The number of furan rings is 1. The summed E-state index contributed by atoms with van der Waals surface area (Å²) in [5.74, 6) is 2.61. The van der Waals surface area contributed by atoms with E-state index in [0.29, 0.717) is 5.13 Å². The molecule has 0 spiro atoms. The largest absolute Gasteiger partial charge is 0.460 e. The Morgan fingerprint density at radius 2 is 2.00 bits per heavy atom. The summed E-state index contributed by atoms with van der Waals surface area (Å²) in [5, 5.41) is 0.600. The van der Waals surface area contributed by atoms with Gasteiger partial charge in [-0.1, -0.05) is 39.4 Å². The van der Waals surface area contributed by atoms with Gasteiger partial charge in [-0.2, -0.15) is 0 Å². The minimum Gasteiger partial charge on any atom is -0.460 e. The predicted octanol–water partition coefficient (Wildman–Crippen LogP) is 5.04. The lowest BCUT2D eigenvalue weighted by atomic mass is 10.2. The molecule has 2 aromatic heterocycles. The van der Waals surface area contributed by atoms with E-state index >= 15 is 0 Å². The highest BCUT2D eigenvalue weighted by Crippen LogP contribution is 2.31. The fourth-order valence-electron chi connectivity index (χ4n) is 1.71. The fraction of sp³-hybridized carbons (Fsp3) is 0.0714. The van der Waals surface area contributed by atoms with Gasteiger partial charge in [0.1, 0.15) is 11.5 Å². The molecule has 3 aromatic rings.